The lowest BCUT2D eigenvalue weighted by Crippen LogP contribution is -2.30. The highest BCUT2D eigenvalue weighted by atomic mass is 15.1. The van der Waals surface area contributed by atoms with Crippen LogP contribution in [-0.2, 0) is 6.42 Å². The number of nitrogens with zero attached hydrogens (tertiary/aromatic N) is 2. The topological polar surface area (TPSA) is 29.9 Å². The van der Waals surface area contributed by atoms with Crippen molar-refractivity contribution in [3.63, 3.8) is 0 Å². The molecule has 1 fully saturated rings. The molecule has 0 spiro atoms. The van der Waals surface area contributed by atoms with Gasteiger partial charge in [0.25, 0.3) is 0 Å². The molecule has 0 bridgehead atoms. The third kappa shape index (κ3) is 2.87. The highest BCUT2D eigenvalue weighted by Gasteiger charge is 2.13. The Balaban J connectivity index is 1.70. The maximum absolute atomic E-state index is 4.26. The molecule has 3 rings (SSSR count). The molecule has 1 unspecified atom stereocenters. The summed E-state index contributed by atoms with van der Waals surface area (Å²) in [5.41, 5.74) is 2.63. The molecular weight excluding hydrogens is 234 g/mol. The fourth-order valence-electron chi connectivity index (χ4n) is 2.88. The minimum absolute atomic E-state index is 0.801. The molecule has 19 heavy (non-hydrogen) atoms. The summed E-state index contributed by atoms with van der Waals surface area (Å²) in [6.07, 6.45) is 7.72. The van der Waals surface area contributed by atoms with E-state index in [1.165, 1.54) is 43.6 Å². The van der Waals surface area contributed by atoms with Gasteiger partial charge < -0.3 is 9.88 Å². The first kappa shape index (κ1) is 12.4. The summed E-state index contributed by atoms with van der Waals surface area (Å²) in [5, 5.41) is 3.48. The van der Waals surface area contributed by atoms with Gasteiger partial charge in [0.15, 0.2) is 0 Å². The van der Waals surface area contributed by atoms with Crippen LogP contribution in [0.5, 0.6) is 0 Å². The Kier molecular flexibility index (Phi) is 3.65. The Bertz CT molecular complexity index is 521. The zero-order valence-electron chi connectivity index (χ0n) is 11.5. The summed E-state index contributed by atoms with van der Waals surface area (Å²) >= 11 is 0. The smallest absolute Gasteiger partial charge is 0.110 e. The van der Waals surface area contributed by atoms with E-state index < -0.39 is 0 Å². The predicted molar refractivity (Wildman–Crippen MR) is 77.6 cm³/mol. The Morgan fingerprint density at radius 3 is 2.79 bits per heavy atom. The quantitative estimate of drug-likeness (QED) is 0.914. The molecule has 0 radical (unpaired) electrons. The van der Waals surface area contributed by atoms with Crippen LogP contribution in [0.1, 0.15) is 24.2 Å². The van der Waals surface area contributed by atoms with E-state index in [1.54, 1.807) is 0 Å². The largest absolute Gasteiger partial charge is 0.316 e. The standard InChI is InChI=1S/C16H21N3/c1-13-18-9-10-19(13)16-6-4-14(5-7-16)11-15-3-2-8-17-12-15/h4-7,9-10,15,17H,2-3,8,11-12H2,1H3. The van der Waals surface area contributed by atoms with Gasteiger partial charge in [-0.05, 0) is 62.9 Å². The second kappa shape index (κ2) is 5.57. The average Bonchev–Trinajstić information content (AvgIpc) is 2.87. The van der Waals surface area contributed by atoms with E-state index in [9.17, 15) is 0 Å². The molecule has 0 amide bonds. The van der Waals surface area contributed by atoms with Gasteiger partial charge in [0.1, 0.15) is 5.82 Å². The molecule has 0 saturated carbocycles. The molecule has 2 aromatic rings. The van der Waals surface area contributed by atoms with Crippen LogP contribution in [-0.4, -0.2) is 22.6 Å². The summed E-state index contributed by atoms with van der Waals surface area (Å²) in [4.78, 5) is 4.26. The molecule has 1 aromatic carbocycles. The number of rotatable bonds is 3. The van der Waals surface area contributed by atoms with E-state index >= 15 is 0 Å². The van der Waals surface area contributed by atoms with Crippen molar-refractivity contribution < 1.29 is 0 Å². The van der Waals surface area contributed by atoms with Crippen molar-refractivity contribution in [3.05, 3.63) is 48.0 Å². The molecule has 1 aliphatic heterocycles. The fraction of sp³-hybridized carbons (Fsp3) is 0.438. The molecule has 1 atom stereocenters. The Morgan fingerprint density at radius 1 is 1.32 bits per heavy atom. The van der Waals surface area contributed by atoms with Crippen molar-refractivity contribution in [2.45, 2.75) is 26.2 Å². The molecule has 1 aromatic heterocycles. The highest BCUT2D eigenvalue weighted by Crippen LogP contribution is 2.18. The normalized spacial score (nSPS) is 19.5. The number of hydrogen-bond donors (Lipinski definition) is 1. The zero-order chi connectivity index (χ0) is 13.1. The fourth-order valence-corrected chi connectivity index (χ4v) is 2.88. The molecule has 1 aliphatic rings. The van der Waals surface area contributed by atoms with Gasteiger partial charge in [-0.3, -0.25) is 0 Å². The average molecular weight is 255 g/mol. The van der Waals surface area contributed by atoms with Gasteiger partial charge in [0, 0.05) is 18.1 Å². The second-order valence-electron chi connectivity index (χ2n) is 5.43. The van der Waals surface area contributed by atoms with Crippen LogP contribution >= 0.6 is 0 Å². The van der Waals surface area contributed by atoms with Crippen molar-refractivity contribution in [3.8, 4) is 5.69 Å². The summed E-state index contributed by atoms with van der Waals surface area (Å²) in [7, 11) is 0. The molecule has 100 valence electrons. The summed E-state index contributed by atoms with van der Waals surface area (Å²) < 4.78 is 2.12. The molecular formula is C16H21N3. The van der Waals surface area contributed by atoms with E-state index in [-0.39, 0.29) is 0 Å². The zero-order valence-corrected chi connectivity index (χ0v) is 11.5. The number of imidazole rings is 1. The Labute approximate surface area is 114 Å². The monoisotopic (exact) mass is 255 g/mol. The predicted octanol–water partition coefficient (Wildman–Crippen LogP) is 2.72. The van der Waals surface area contributed by atoms with Gasteiger partial charge in [-0.1, -0.05) is 12.1 Å². The third-order valence-corrected chi connectivity index (χ3v) is 3.96. The first-order chi connectivity index (χ1) is 9.33. The Hall–Kier alpha value is -1.61. The lowest BCUT2D eigenvalue weighted by molar-refractivity contribution is 0.376. The van der Waals surface area contributed by atoms with Crippen molar-refractivity contribution >= 4 is 0 Å². The van der Waals surface area contributed by atoms with E-state index in [1.807, 2.05) is 19.3 Å². The van der Waals surface area contributed by atoms with Crippen molar-refractivity contribution in [1.29, 1.82) is 0 Å². The number of piperidine rings is 1. The van der Waals surface area contributed by atoms with E-state index in [0.717, 1.165) is 11.7 Å². The van der Waals surface area contributed by atoms with Crippen molar-refractivity contribution in [2.24, 2.45) is 5.92 Å². The highest BCUT2D eigenvalue weighted by molar-refractivity contribution is 5.36. The van der Waals surface area contributed by atoms with Gasteiger partial charge in [-0.15, -0.1) is 0 Å². The summed E-state index contributed by atoms with van der Waals surface area (Å²) in [5.74, 6) is 1.83. The van der Waals surface area contributed by atoms with Crippen molar-refractivity contribution in [1.82, 2.24) is 14.9 Å². The minimum atomic E-state index is 0.801. The molecule has 2 heterocycles. The van der Waals surface area contributed by atoms with Crippen molar-refractivity contribution in [2.75, 3.05) is 13.1 Å². The van der Waals surface area contributed by atoms with Gasteiger partial charge in [0.05, 0.1) is 0 Å². The number of aromatic nitrogens is 2. The van der Waals surface area contributed by atoms with Crippen LogP contribution in [0.3, 0.4) is 0 Å². The van der Waals surface area contributed by atoms with Crippen LogP contribution in [0.4, 0.5) is 0 Å². The van der Waals surface area contributed by atoms with Crippen LogP contribution < -0.4 is 5.32 Å². The van der Waals surface area contributed by atoms with Gasteiger partial charge in [-0.2, -0.15) is 0 Å². The van der Waals surface area contributed by atoms with Crippen LogP contribution in [0.15, 0.2) is 36.7 Å². The maximum atomic E-state index is 4.26. The van der Waals surface area contributed by atoms with Gasteiger partial charge in [-0.25, -0.2) is 4.98 Å². The molecule has 1 saturated heterocycles. The van der Waals surface area contributed by atoms with Crippen LogP contribution in [0, 0.1) is 12.8 Å². The number of benzene rings is 1. The van der Waals surface area contributed by atoms with E-state index in [0.29, 0.717) is 0 Å². The first-order valence-corrected chi connectivity index (χ1v) is 7.13. The number of hydrogen-bond acceptors (Lipinski definition) is 2. The van der Waals surface area contributed by atoms with Gasteiger partial charge in [0.2, 0.25) is 0 Å². The molecule has 3 nitrogen and oxygen atoms in total. The van der Waals surface area contributed by atoms with E-state index in [2.05, 4.69) is 39.1 Å². The SMILES string of the molecule is Cc1nccn1-c1ccc(CC2CCCNC2)cc1. The van der Waals surface area contributed by atoms with Gasteiger partial charge >= 0.3 is 0 Å². The number of aryl methyl sites for hydroxylation is 1. The summed E-state index contributed by atoms with van der Waals surface area (Å²) in [6, 6.07) is 8.90. The molecule has 3 heteroatoms. The molecule has 1 N–H and O–H groups in total. The van der Waals surface area contributed by atoms with Crippen LogP contribution in [0.25, 0.3) is 5.69 Å². The third-order valence-electron chi connectivity index (χ3n) is 3.96. The number of nitrogens with one attached hydrogen (secondary N) is 1. The maximum Gasteiger partial charge on any atom is 0.110 e. The lowest BCUT2D eigenvalue weighted by atomic mass is 9.92. The summed E-state index contributed by atoms with van der Waals surface area (Å²) in [6.45, 7) is 4.39. The van der Waals surface area contributed by atoms with Crippen LogP contribution in [0.2, 0.25) is 0 Å². The Morgan fingerprint density at radius 2 is 2.16 bits per heavy atom. The minimum Gasteiger partial charge on any atom is -0.316 e. The molecule has 0 aliphatic carbocycles. The second-order valence-corrected chi connectivity index (χ2v) is 5.43. The first-order valence-electron chi connectivity index (χ1n) is 7.13. The van der Waals surface area contributed by atoms with E-state index in [4.69, 9.17) is 0 Å². The lowest BCUT2D eigenvalue weighted by Gasteiger charge is -2.22.